The average Bonchev–Trinajstić information content (AvgIpc) is 2.88. The number of rotatable bonds is 4. The van der Waals surface area contributed by atoms with Crippen molar-refractivity contribution in [2.75, 3.05) is 7.11 Å². The first-order valence-corrected chi connectivity index (χ1v) is 6.13. The molecule has 1 aromatic heterocycles. The molecule has 1 fully saturated rings. The van der Waals surface area contributed by atoms with Gasteiger partial charge in [0.25, 0.3) is 5.91 Å². The first kappa shape index (κ1) is 13.3. The van der Waals surface area contributed by atoms with Crippen LogP contribution in [-0.4, -0.2) is 34.6 Å². The van der Waals surface area contributed by atoms with Crippen molar-refractivity contribution in [3.05, 3.63) is 24.0 Å². The number of amides is 1. The number of nitrogens with zero attached hydrogens (tertiary/aromatic N) is 1. The molecule has 1 amide bonds. The third-order valence-electron chi connectivity index (χ3n) is 3.47. The van der Waals surface area contributed by atoms with Crippen LogP contribution in [0.5, 0.6) is 5.75 Å². The highest BCUT2D eigenvalue weighted by Crippen LogP contribution is 2.30. The lowest BCUT2D eigenvalue weighted by Gasteiger charge is -2.25. The normalized spacial score (nSPS) is 16.9. The summed E-state index contributed by atoms with van der Waals surface area (Å²) < 4.78 is 5.05. The fourth-order valence-electron chi connectivity index (χ4n) is 2.39. The highest BCUT2D eigenvalue weighted by Gasteiger charge is 2.43. The molecule has 1 heterocycles. The molecule has 2 rings (SSSR count). The van der Waals surface area contributed by atoms with E-state index in [0.29, 0.717) is 24.2 Å². The minimum atomic E-state index is -1.15. The second kappa shape index (κ2) is 5.26. The Morgan fingerprint density at radius 1 is 1.42 bits per heavy atom. The smallest absolute Gasteiger partial charge is 0.329 e. The zero-order valence-corrected chi connectivity index (χ0v) is 10.7. The molecule has 0 aliphatic heterocycles. The van der Waals surface area contributed by atoms with E-state index in [0.717, 1.165) is 12.8 Å². The maximum absolute atomic E-state index is 12.2. The van der Waals surface area contributed by atoms with Crippen LogP contribution in [0.15, 0.2) is 18.5 Å². The van der Waals surface area contributed by atoms with Gasteiger partial charge in [0.2, 0.25) is 0 Å². The van der Waals surface area contributed by atoms with E-state index >= 15 is 0 Å². The van der Waals surface area contributed by atoms with Crippen LogP contribution in [0.3, 0.4) is 0 Å². The molecule has 1 aromatic rings. The van der Waals surface area contributed by atoms with E-state index in [-0.39, 0.29) is 0 Å². The number of pyridine rings is 1. The van der Waals surface area contributed by atoms with E-state index in [2.05, 4.69) is 10.3 Å². The quantitative estimate of drug-likeness (QED) is 0.853. The summed E-state index contributed by atoms with van der Waals surface area (Å²) in [5, 5.41) is 12.0. The predicted molar refractivity (Wildman–Crippen MR) is 67.1 cm³/mol. The Bertz CT molecular complexity index is 495. The number of carbonyl (C=O) groups is 2. The fourth-order valence-corrected chi connectivity index (χ4v) is 2.39. The molecule has 2 N–H and O–H groups in total. The lowest BCUT2D eigenvalue weighted by atomic mass is 9.97. The Morgan fingerprint density at radius 3 is 2.68 bits per heavy atom. The summed E-state index contributed by atoms with van der Waals surface area (Å²) in [4.78, 5) is 27.5. The number of ether oxygens (including phenoxy) is 1. The van der Waals surface area contributed by atoms with Gasteiger partial charge in [-0.15, -0.1) is 0 Å². The fraction of sp³-hybridized carbons (Fsp3) is 0.462. The third-order valence-corrected chi connectivity index (χ3v) is 3.47. The number of carboxylic acids is 1. The molecular formula is C13H16N2O4. The van der Waals surface area contributed by atoms with Crippen molar-refractivity contribution < 1.29 is 19.4 Å². The Hall–Kier alpha value is -2.11. The highest BCUT2D eigenvalue weighted by molar-refractivity contribution is 5.99. The SMILES string of the molecule is COc1cnccc1C(=O)NC1(C(=O)O)CCCC1. The first-order chi connectivity index (χ1) is 9.09. The number of hydrogen-bond acceptors (Lipinski definition) is 4. The van der Waals surface area contributed by atoms with Gasteiger partial charge < -0.3 is 15.2 Å². The van der Waals surface area contributed by atoms with Gasteiger partial charge >= 0.3 is 5.97 Å². The number of nitrogens with one attached hydrogen (secondary N) is 1. The molecular weight excluding hydrogens is 248 g/mol. The largest absolute Gasteiger partial charge is 0.494 e. The molecule has 102 valence electrons. The molecule has 6 nitrogen and oxygen atoms in total. The van der Waals surface area contributed by atoms with Crippen LogP contribution in [0.4, 0.5) is 0 Å². The summed E-state index contributed by atoms with van der Waals surface area (Å²) in [6, 6.07) is 1.51. The summed E-state index contributed by atoms with van der Waals surface area (Å²) in [6.07, 6.45) is 5.43. The monoisotopic (exact) mass is 264 g/mol. The van der Waals surface area contributed by atoms with Crippen LogP contribution < -0.4 is 10.1 Å². The molecule has 0 radical (unpaired) electrons. The molecule has 19 heavy (non-hydrogen) atoms. The van der Waals surface area contributed by atoms with Crippen LogP contribution in [-0.2, 0) is 4.79 Å². The van der Waals surface area contributed by atoms with Gasteiger partial charge in [-0.3, -0.25) is 9.78 Å². The number of carboxylic acid groups (broad SMARTS) is 1. The first-order valence-electron chi connectivity index (χ1n) is 6.13. The molecule has 0 saturated heterocycles. The van der Waals surface area contributed by atoms with Crippen molar-refractivity contribution in [3.63, 3.8) is 0 Å². The van der Waals surface area contributed by atoms with Crippen molar-refractivity contribution in [1.82, 2.24) is 10.3 Å². The van der Waals surface area contributed by atoms with E-state index in [9.17, 15) is 14.7 Å². The highest BCUT2D eigenvalue weighted by atomic mass is 16.5. The second-order valence-corrected chi connectivity index (χ2v) is 4.62. The summed E-state index contributed by atoms with van der Waals surface area (Å²) in [6.45, 7) is 0. The molecule has 1 aliphatic carbocycles. The van der Waals surface area contributed by atoms with E-state index < -0.39 is 17.4 Å². The minimum absolute atomic E-state index is 0.296. The third kappa shape index (κ3) is 2.52. The lowest BCUT2D eigenvalue weighted by molar-refractivity contribution is -0.144. The maximum Gasteiger partial charge on any atom is 0.329 e. The molecule has 0 unspecified atom stereocenters. The topological polar surface area (TPSA) is 88.5 Å². The zero-order chi connectivity index (χ0) is 13.9. The number of carbonyl (C=O) groups excluding carboxylic acids is 1. The molecule has 6 heteroatoms. The van der Waals surface area contributed by atoms with E-state index in [1.807, 2.05) is 0 Å². The van der Waals surface area contributed by atoms with Crippen LogP contribution in [0, 0.1) is 0 Å². The predicted octanol–water partition coefficient (Wildman–Crippen LogP) is 1.22. The molecule has 0 aromatic carbocycles. The summed E-state index contributed by atoms with van der Waals surface area (Å²) in [5.41, 5.74) is -0.851. The molecule has 1 saturated carbocycles. The Labute approximate surface area is 110 Å². The van der Waals surface area contributed by atoms with Crippen molar-refractivity contribution in [2.24, 2.45) is 0 Å². The molecule has 1 aliphatic rings. The number of aromatic nitrogens is 1. The molecule has 0 spiro atoms. The minimum Gasteiger partial charge on any atom is -0.494 e. The second-order valence-electron chi connectivity index (χ2n) is 4.62. The van der Waals surface area contributed by atoms with Crippen LogP contribution >= 0.6 is 0 Å². The van der Waals surface area contributed by atoms with E-state index in [4.69, 9.17) is 4.74 Å². The van der Waals surface area contributed by atoms with Gasteiger partial charge in [-0.2, -0.15) is 0 Å². The van der Waals surface area contributed by atoms with Crippen molar-refractivity contribution in [2.45, 2.75) is 31.2 Å². The van der Waals surface area contributed by atoms with Crippen LogP contribution in [0.1, 0.15) is 36.0 Å². The van der Waals surface area contributed by atoms with Gasteiger partial charge in [-0.05, 0) is 18.9 Å². The molecule has 0 bridgehead atoms. The Kier molecular flexibility index (Phi) is 3.69. The Morgan fingerprint density at radius 2 is 2.11 bits per heavy atom. The average molecular weight is 264 g/mol. The van der Waals surface area contributed by atoms with Crippen molar-refractivity contribution in [3.8, 4) is 5.75 Å². The zero-order valence-electron chi connectivity index (χ0n) is 10.7. The number of hydrogen-bond donors (Lipinski definition) is 2. The van der Waals surface area contributed by atoms with Crippen LogP contribution in [0.2, 0.25) is 0 Å². The summed E-state index contributed by atoms with van der Waals surface area (Å²) in [5.74, 6) is -1.09. The van der Waals surface area contributed by atoms with E-state index in [1.54, 1.807) is 0 Å². The van der Waals surface area contributed by atoms with Gasteiger partial charge in [0.05, 0.1) is 18.9 Å². The van der Waals surface area contributed by atoms with Crippen molar-refractivity contribution in [1.29, 1.82) is 0 Å². The number of aliphatic carboxylic acids is 1. The van der Waals surface area contributed by atoms with Crippen LogP contribution in [0.25, 0.3) is 0 Å². The lowest BCUT2D eigenvalue weighted by Crippen LogP contribution is -2.52. The van der Waals surface area contributed by atoms with Gasteiger partial charge in [-0.25, -0.2) is 4.79 Å². The van der Waals surface area contributed by atoms with Gasteiger partial charge in [0, 0.05) is 6.20 Å². The van der Waals surface area contributed by atoms with Gasteiger partial charge in [0.1, 0.15) is 11.3 Å². The standard InChI is InChI=1S/C13H16N2O4/c1-19-10-8-14-7-4-9(10)11(16)15-13(12(17)18)5-2-3-6-13/h4,7-8H,2-3,5-6H2,1H3,(H,15,16)(H,17,18). The number of methoxy groups -OCH3 is 1. The summed E-state index contributed by atoms with van der Waals surface area (Å²) >= 11 is 0. The van der Waals surface area contributed by atoms with E-state index in [1.165, 1.54) is 25.6 Å². The Balaban J connectivity index is 2.23. The van der Waals surface area contributed by atoms with Gasteiger partial charge in [0.15, 0.2) is 0 Å². The molecule has 0 atom stereocenters. The summed E-state index contributed by atoms with van der Waals surface area (Å²) in [7, 11) is 1.44. The van der Waals surface area contributed by atoms with Gasteiger partial charge in [-0.1, -0.05) is 12.8 Å². The maximum atomic E-state index is 12.2. The van der Waals surface area contributed by atoms with Crippen molar-refractivity contribution >= 4 is 11.9 Å².